The van der Waals surface area contributed by atoms with Gasteiger partial charge in [0.25, 0.3) is 0 Å². The average molecular weight is 444 g/mol. The van der Waals surface area contributed by atoms with Crippen molar-refractivity contribution in [2.45, 2.75) is 31.1 Å². The van der Waals surface area contributed by atoms with Crippen molar-refractivity contribution >= 4 is 22.9 Å². The maximum atomic E-state index is 15.3. The van der Waals surface area contributed by atoms with Crippen LogP contribution in [0.3, 0.4) is 0 Å². The van der Waals surface area contributed by atoms with E-state index in [4.69, 9.17) is 4.74 Å². The Kier molecular flexibility index (Phi) is 5.00. The normalized spacial score (nSPS) is 19.1. The van der Waals surface area contributed by atoms with E-state index in [1.54, 1.807) is 24.3 Å². The molecule has 5 rings (SSSR count). The Bertz CT molecular complexity index is 1290. The molecule has 3 aromatic rings. The molecule has 0 fully saturated rings. The summed E-state index contributed by atoms with van der Waals surface area (Å²) in [5, 5.41) is 0. The van der Waals surface area contributed by atoms with Crippen LogP contribution in [0.4, 0.5) is 8.78 Å². The topological polar surface area (TPSA) is 43.4 Å². The SMILES string of the molecule is CCOC(=O)C(F)(F)CC12CC(=O)c3ccccc3C1=C(c1ccccc1)c1ccccc12. The minimum Gasteiger partial charge on any atom is -0.462 e. The van der Waals surface area contributed by atoms with Crippen LogP contribution in [0.2, 0.25) is 0 Å². The number of Topliss-reactive ketones (excluding diaryl/α,β-unsaturated/α-hetero) is 1. The van der Waals surface area contributed by atoms with Crippen LogP contribution in [-0.2, 0) is 14.9 Å². The molecule has 5 heteroatoms. The number of alkyl halides is 2. The molecule has 166 valence electrons. The Hall–Kier alpha value is -3.60. The standard InChI is InChI=1S/C28H22F2O3/c1-2-33-26(32)28(29,30)17-27-16-23(31)19-12-6-7-13-20(19)25(27)24(18-10-4-3-5-11-18)21-14-8-9-15-22(21)27/h3-15H,2,16-17H2,1H3. The molecule has 3 nitrogen and oxygen atoms in total. The summed E-state index contributed by atoms with van der Waals surface area (Å²) < 4.78 is 35.4. The van der Waals surface area contributed by atoms with Crippen LogP contribution in [0.15, 0.2) is 78.9 Å². The van der Waals surface area contributed by atoms with Crippen LogP contribution in [0.5, 0.6) is 0 Å². The number of hydrogen-bond acceptors (Lipinski definition) is 3. The highest BCUT2D eigenvalue weighted by atomic mass is 19.3. The Morgan fingerprint density at radius 2 is 1.52 bits per heavy atom. The lowest BCUT2D eigenvalue weighted by atomic mass is 9.63. The molecule has 1 unspecified atom stereocenters. The fourth-order valence-corrected chi connectivity index (χ4v) is 5.36. The average Bonchev–Trinajstić information content (AvgIpc) is 3.09. The fourth-order valence-electron chi connectivity index (χ4n) is 5.36. The van der Waals surface area contributed by atoms with E-state index in [1.165, 1.54) is 6.92 Å². The van der Waals surface area contributed by atoms with Gasteiger partial charge >= 0.3 is 11.9 Å². The molecule has 0 radical (unpaired) electrons. The lowest BCUT2D eigenvalue weighted by molar-refractivity contribution is -0.173. The minimum atomic E-state index is -3.76. The van der Waals surface area contributed by atoms with Crippen molar-refractivity contribution in [3.05, 3.63) is 107 Å². The van der Waals surface area contributed by atoms with E-state index < -0.39 is 23.7 Å². The van der Waals surface area contributed by atoms with E-state index in [1.807, 2.05) is 54.6 Å². The van der Waals surface area contributed by atoms with Crippen molar-refractivity contribution in [1.29, 1.82) is 0 Å². The lowest BCUT2D eigenvalue weighted by Gasteiger charge is -2.39. The van der Waals surface area contributed by atoms with E-state index in [-0.39, 0.29) is 18.8 Å². The number of benzene rings is 3. The summed E-state index contributed by atoms with van der Waals surface area (Å²) in [5.41, 5.74) is 3.65. The quantitative estimate of drug-likeness (QED) is 0.449. The van der Waals surface area contributed by atoms with Crippen molar-refractivity contribution in [3.8, 4) is 0 Å². The van der Waals surface area contributed by atoms with Crippen LogP contribution in [-0.4, -0.2) is 24.3 Å². The van der Waals surface area contributed by atoms with Crippen LogP contribution < -0.4 is 0 Å². The third kappa shape index (κ3) is 3.22. The maximum absolute atomic E-state index is 15.3. The molecule has 2 aliphatic rings. The minimum absolute atomic E-state index is 0.137. The van der Waals surface area contributed by atoms with Gasteiger partial charge in [-0.1, -0.05) is 78.9 Å². The maximum Gasteiger partial charge on any atom is 0.377 e. The zero-order valence-corrected chi connectivity index (χ0v) is 18.1. The highest BCUT2D eigenvalue weighted by molar-refractivity contribution is 6.16. The van der Waals surface area contributed by atoms with Crippen LogP contribution in [0.25, 0.3) is 11.1 Å². The Morgan fingerprint density at radius 3 is 2.21 bits per heavy atom. The summed E-state index contributed by atoms with van der Waals surface area (Å²) in [6.45, 7) is 1.36. The number of allylic oxidation sites excluding steroid dienone is 1. The number of ether oxygens (including phenoxy) is 1. The first-order valence-electron chi connectivity index (χ1n) is 11.0. The molecule has 2 aliphatic carbocycles. The number of fused-ring (bicyclic) bond motifs is 5. The van der Waals surface area contributed by atoms with Gasteiger partial charge in [-0.05, 0) is 40.3 Å². The second kappa shape index (κ2) is 7.77. The molecule has 0 N–H and O–H groups in total. The first-order valence-corrected chi connectivity index (χ1v) is 11.0. The third-order valence-corrected chi connectivity index (χ3v) is 6.56. The summed E-state index contributed by atoms with van der Waals surface area (Å²) in [6.07, 6.45) is -0.969. The predicted molar refractivity (Wildman–Crippen MR) is 122 cm³/mol. The molecule has 0 bridgehead atoms. The zero-order chi connectivity index (χ0) is 23.2. The molecule has 0 heterocycles. The van der Waals surface area contributed by atoms with Gasteiger partial charge < -0.3 is 4.74 Å². The molecule has 0 aliphatic heterocycles. The van der Waals surface area contributed by atoms with Crippen molar-refractivity contribution in [1.82, 2.24) is 0 Å². The second-order valence-corrected chi connectivity index (χ2v) is 8.49. The van der Waals surface area contributed by atoms with Crippen LogP contribution in [0, 0.1) is 0 Å². The van der Waals surface area contributed by atoms with E-state index in [2.05, 4.69) is 0 Å². The van der Waals surface area contributed by atoms with Gasteiger partial charge in [-0.3, -0.25) is 4.79 Å². The highest BCUT2D eigenvalue weighted by Gasteiger charge is 2.57. The van der Waals surface area contributed by atoms with Crippen LogP contribution in [0.1, 0.15) is 52.4 Å². The molecule has 0 aromatic heterocycles. The van der Waals surface area contributed by atoms with Gasteiger partial charge in [-0.15, -0.1) is 0 Å². The van der Waals surface area contributed by atoms with E-state index in [0.29, 0.717) is 22.3 Å². The van der Waals surface area contributed by atoms with Crippen molar-refractivity contribution < 1.29 is 23.1 Å². The summed E-state index contributed by atoms with van der Waals surface area (Å²) >= 11 is 0. The molecule has 1 atom stereocenters. The molecule has 0 amide bonds. The summed E-state index contributed by atoms with van der Waals surface area (Å²) in [5.74, 6) is -5.53. The molecule has 0 saturated heterocycles. The monoisotopic (exact) mass is 444 g/mol. The van der Waals surface area contributed by atoms with Gasteiger partial charge in [-0.25, -0.2) is 4.79 Å². The van der Waals surface area contributed by atoms with E-state index >= 15 is 8.78 Å². The van der Waals surface area contributed by atoms with Gasteiger partial charge in [0.1, 0.15) is 0 Å². The number of halogens is 2. The zero-order valence-electron chi connectivity index (χ0n) is 18.1. The molecule has 33 heavy (non-hydrogen) atoms. The molecule has 0 saturated carbocycles. The molecular weight excluding hydrogens is 422 g/mol. The van der Waals surface area contributed by atoms with Crippen molar-refractivity contribution in [2.24, 2.45) is 0 Å². The number of hydrogen-bond donors (Lipinski definition) is 0. The Labute approximate surface area is 190 Å². The molecular formula is C28H22F2O3. The van der Waals surface area contributed by atoms with Gasteiger partial charge in [0.15, 0.2) is 5.78 Å². The predicted octanol–water partition coefficient (Wildman–Crippen LogP) is 6.07. The molecule has 3 aromatic carbocycles. The van der Waals surface area contributed by atoms with Crippen molar-refractivity contribution in [3.63, 3.8) is 0 Å². The second-order valence-electron chi connectivity index (χ2n) is 8.49. The summed E-state index contributed by atoms with van der Waals surface area (Å²) in [6, 6.07) is 24.1. The Morgan fingerprint density at radius 1 is 0.909 bits per heavy atom. The first kappa shape index (κ1) is 21.3. The Balaban J connectivity index is 1.84. The number of rotatable bonds is 5. The first-order chi connectivity index (χ1) is 15.9. The number of esters is 1. The number of ketones is 1. The number of carbonyl (C=O) groups is 2. The molecule has 0 spiro atoms. The van der Waals surface area contributed by atoms with E-state index in [0.717, 1.165) is 16.7 Å². The van der Waals surface area contributed by atoms with Gasteiger partial charge in [-0.2, -0.15) is 8.78 Å². The smallest absolute Gasteiger partial charge is 0.377 e. The summed E-state index contributed by atoms with van der Waals surface area (Å²) in [4.78, 5) is 25.5. The highest BCUT2D eigenvalue weighted by Crippen LogP contribution is 2.61. The van der Waals surface area contributed by atoms with Gasteiger partial charge in [0.2, 0.25) is 0 Å². The largest absolute Gasteiger partial charge is 0.462 e. The summed E-state index contributed by atoms with van der Waals surface area (Å²) in [7, 11) is 0. The lowest BCUT2D eigenvalue weighted by Crippen LogP contribution is -2.43. The van der Waals surface area contributed by atoms with Crippen molar-refractivity contribution in [2.75, 3.05) is 6.61 Å². The van der Waals surface area contributed by atoms with Crippen LogP contribution >= 0.6 is 0 Å². The fraction of sp³-hybridized carbons (Fsp3) is 0.214. The van der Waals surface area contributed by atoms with Gasteiger partial charge in [0.05, 0.1) is 6.61 Å². The number of carbonyl (C=O) groups excluding carboxylic acids is 2. The van der Waals surface area contributed by atoms with E-state index in [9.17, 15) is 9.59 Å². The third-order valence-electron chi connectivity index (χ3n) is 6.56. The van der Waals surface area contributed by atoms with Gasteiger partial charge in [0, 0.05) is 23.8 Å².